The van der Waals surface area contributed by atoms with E-state index in [4.69, 9.17) is 32.4 Å². The Hall–Kier alpha value is -4.77. The molecule has 0 radical (unpaired) electrons. The van der Waals surface area contributed by atoms with Crippen LogP contribution in [-0.4, -0.2) is 42.2 Å². The first-order valence-electron chi connectivity index (χ1n) is 21.2. The van der Waals surface area contributed by atoms with Crippen molar-refractivity contribution in [3.8, 4) is 28.5 Å². The normalized spacial score (nSPS) is 10.7. The molecule has 326 valence electrons. The van der Waals surface area contributed by atoms with Gasteiger partial charge in [-0.2, -0.15) is 0 Å². The number of rotatable bonds is 13. The molecule has 0 aliphatic rings. The molecule has 0 spiro atoms. The van der Waals surface area contributed by atoms with Crippen LogP contribution in [0.5, 0.6) is 0 Å². The molecule has 0 bridgehead atoms. The average molecular weight is 877 g/mol. The van der Waals surface area contributed by atoms with Crippen molar-refractivity contribution in [1.29, 1.82) is 5.41 Å². The van der Waals surface area contributed by atoms with Gasteiger partial charge >= 0.3 is 29.6 Å². The molecule has 2 N–H and O–H groups in total. The topological polar surface area (TPSA) is 104 Å². The van der Waals surface area contributed by atoms with Crippen molar-refractivity contribution < 1.29 is 44.8 Å². The first kappa shape index (κ1) is 52.6. The molecule has 63 heavy (non-hydrogen) atoms. The van der Waals surface area contributed by atoms with Crippen LogP contribution in [0.2, 0.25) is 0 Å². The third kappa shape index (κ3) is 14.6. The van der Waals surface area contributed by atoms with Gasteiger partial charge in [0.25, 0.3) is 0 Å². The molecule has 7 aromatic rings. The summed E-state index contributed by atoms with van der Waals surface area (Å²) in [4.78, 5) is 7.54. The monoisotopic (exact) mass is 875 g/mol. The van der Waals surface area contributed by atoms with Crippen molar-refractivity contribution in [2.45, 2.75) is 85.5 Å². The van der Waals surface area contributed by atoms with Crippen LogP contribution in [0, 0.1) is 5.41 Å². The number of aromatic nitrogens is 4. The van der Waals surface area contributed by atoms with Gasteiger partial charge in [0.1, 0.15) is 12.6 Å². The average Bonchev–Trinajstić information content (AvgIpc) is 4.12. The fourth-order valence-corrected chi connectivity index (χ4v) is 7.27. The molecule has 3 aromatic heterocycles. The zero-order valence-corrected chi connectivity index (χ0v) is 41.3. The number of imidazole rings is 1. The summed E-state index contributed by atoms with van der Waals surface area (Å²) in [6.07, 6.45) is 14.7. The van der Waals surface area contributed by atoms with Crippen molar-refractivity contribution >= 4 is 17.3 Å². The SMILES string of the molecule is C=CCCl.CC(C)c1cc(-n2cccc2)cc(C(C)C)c1-n1ccnc1-c1ccccc1.CC(C)c1cc(-n2cccc2)cc(C(C)C)c1CC(=N)c1ccccc1.[Na+].[O-]OCO. The van der Waals surface area contributed by atoms with Crippen molar-refractivity contribution in [3.05, 3.63) is 192 Å². The van der Waals surface area contributed by atoms with Crippen molar-refractivity contribution in [1.82, 2.24) is 18.7 Å². The standard InChI is InChI=1S/C25H27N3.C24H28N2.C3H5Cl.CH4O3.Na/c1-18(2)22-16-21(27-13-8-9-14-27)17-23(19(3)4)24(22)28-15-12-26-25(28)20-10-6-5-7-11-20;1-17(2)21-14-20(26-12-8-9-13-26)15-22(18(3)4)23(21)16-24(25)19-10-6-5-7-11-19;1-2-3-4;2-1-4-3;/h5-19H,1-4H3;5-15,17-18,25H,16H2,1-4H3;2H,1,3H2;2-3H,1H2;/q;;;;+1/p-1. The Morgan fingerprint density at radius 2 is 1.10 bits per heavy atom. The van der Waals surface area contributed by atoms with E-state index in [-0.39, 0.29) is 29.6 Å². The summed E-state index contributed by atoms with van der Waals surface area (Å²) in [6.45, 7) is 20.7. The van der Waals surface area contributed by atoms with Crippen LogP contribution in [-0.2, 0) is 11.3 Å². The summed E-state index contributed by atoms with van der Waals surface area (Å²) in [5.41, 5.74) is 13.2. The molecule has 0 unspecified atom stereocenters. The summed E-state index contributed by atoms with van der Waals surface area (Å²) < 4.78 is 6.62. The predicted octanol–water partition coefficient (Wildman–Crippen LogP) is 9.55. The molecule has 7 rings (SSSR count). The summed E-state index contributed by atoms with van der Waals surface area (Å²) in [6, 6.07) is 38.0. The number of halogens is 1. The second kappa shape index (κ2) is 26.8. The van der Waals surface area contributed by atoms with E-state index in [0.29, 0.717) is 41.7 Å². The van der Waals surface area contributed by atoms with Crippen molar-refractivity contribution in [2.75, 3.05) is 12.7 Å². The molecular formula is C53H63ClN5NaO3. The van der Waals surface area contributed by atoms with Crippen LogP contribution < -0.4 is 34.8 Å². The molecule has 0 aliphatic carbocycles. The second-order valence-electron chi connectivity index (χ2n) is 16.1. The molecule has 0 atom stereocenters. The van der Waals surface area contributed by atoms with Gasteiger partial charge in [-0.25, -0.2) is 4.98 Å². The van der Waals surface area contributed by atoms with Crippen LogP contribution in [0.1, 0.15) is 112 Å². The minimum absolute atomic E-state index is 0. The van der Waals surface area contributed by atoms with Gasteiger partial charge in [-0.1, -0.05) is 122 Å². The number of hydrogen-bond acceptors (Lipinski definition) is 5. The van der Waals surface area contributed by atoms with E-state index in [0.717, 1.165) is 17.0 Å². The molecule has 0 fully saturated rings. The molecule has 0 saturated carbocycles. The first-order chi connectivity index (χ1) is 29.9. The van der Waals surface area contributed by atoms with E-state index in [1.54, 1.807) is 6.08 Å². The quantitative estimate of drug-likeness (QED) is 0.0229. The molecule has 0 aliphatic heterocycles. The van der Waals surface area contributed by atoms with E-state index >= 15 is 0 Å². The molecule has 4 aromatic carbocycles. The smallest absolute Gasteiger partial charge is 0.722 e. The maximum absolute atomic E-state index is 8.63. The zero-order valence-electron chi connectivity index (χ0n) is 38.5. The number of benzene rings is 4. The van der Waals surface area contributed by atoms with E-state index in [9.17, 15) is 0 Å². The Morgan fingerprint density at radius 3 is 1.48 bits per heavy atom. The van der Waals surface area contributed by atoms with Crippen LogP contribution in [0.3, 0.4) is 0 Å². The van der Waals surface area contributed by atoms with E-state index in [2.05, 4.69) is 184 Å². The van der Waals surface area contributed by atoms with Crippen molar-refractivity contribution in [2.24, 2.45) is 0 Å². The number of nitrogens with one attached hydrogen (secondary N) is 1. The van der Waals surface area contributed by atoms with Gasteiger partial charge in [-0.15, -0.1) is 18.2 Å². The summed E-state index contributed by atoms with van der Waals surface area (Å²) in [7, 11) is 0. The van der Waals surface area contributed by atoms with Crippen LogP contribution in [0.25, 0.3) is 28.5 Å². The molecule has 0 saturated heterocycles. The summed E-state index contributed by atoms with van der Waals surface area (Å²) >= 11 is 5.07. The third-order valence-corrected chi connectivity index (χ3v) is 10.5. The minimum Gasteiger partial charge on any atom is -0.722 e. The van der Waals surface area contributed by atoms with Gasteiger partial charge < -0.3 is 29.8 Å². The van der Waals surface area contributed by atoms with Crippen molar-refractivity contribution in [3.63, 3.8) is 0 Å². The molecule has 3 heterocycles. The molecule has 8 nitrogen and oxygen atoms in total. The van der Waals surface area contributed by atoms with Gasteiger partial charge in [0.15, 0.2) is 0 Å². The number of hydrogen-bond donors (Lipinski definition) is 2. The van der Waals surface area contributed by atoms with Gasteiger partial charge in [-0.05, 0) is 106 Å². The van der Waals surface area contributed by atoms with Crippen LogP contribution >= 0.6 is 11.6 Å². The van der Waals surface area contributed by atoms with Gasteiger partial charge in [-0.3, -0.25) is 4.57 Å². The number of allylic oxidation sites excluding steroid dienone is 1. The summed E-state index contributed by atoms with van der Waals surface area (Å²) in [5, 5.41) is 24.5. The van der Waals surface area contributed by atoms with Crippen LogP contribution in [0.4, 0.5) is 0 Å². The van der Waals surface area contributed by atoms with E-state index in [1.165, 1.54) is 44.9 Å². The number of alkyl halides is 1. The molecule has 10 heteroatoms. The summed E-state index contributed by atoms with van der Waals surface area (Å²) in [5.74, 6) is 3.17. The first-order valence-corrected chi connectivity index (χ1v) is 21.8. The van der Waals surface area contributed by atoms with Gasteiger partial charge in [0.2, 0.25) is 0 Å². The minimum atomic E-state index is -0.736. The second-order valence-corrected chi connectivity index (χ2v) is 16.4. The largest absolute Gasteiger partial charge is 1.00 e. The molecule has 0 amide bonds. The van der Waals surface area contributed by atoms with Crippen LogP contribution in [0.15, 0.2) is 159 Å². The van der Waals surface area contributed by atoms with E-state index < -0.39 is 6.79 Å². The Balaban J connectivity index is 0.000000283. The third-order valence-electron chi connectivity index (χ3n) is 10.3. The number of aliphatic hydroxyl groups excluding tert-OH is 1. The Kier molecular flexibility index (Phi) is 22.3. The van der Waals surface area contributed by atoms with E-state index in [1.807, 2.05) is 42.6 Å². The maximum Gasteiger partial charge on any atom is 1.00 e. The number of nitrogens with zero attached hydrogens (tertiary/aromatic N) is 4. The Morgan fingerprint density at radius 1 is 0.698 bits per heavy atom. The van der Waals surface area contributed by atoms with Gasteiger partial charge in [0, 0.05) is 72.1 Å². The predicted molar refractivity (Wildman–Crippen MR) is 257 cm³/mol. The fourth-order valence-electron chi connectivity index (χ4n) is 7.27. The Labute approximate surface area is 402 Å². The number of aliphatic hydroxyl groups is 1. The fraction of sp³-hybridized carbons (Fsp3) is 0.283. The Bertz CT molecular complexity index is 2330. The molecular weight excluding hydrogens is 813 g/mol. The maximum atomic E-state index is 8.63. The van der Waals surface area contributed by atoms with Gasteiger partial charge in [0.05, 0.1) is 5.69 Å². The zero-order chi connectivity index (χ0) is 45.2.